The molecule has 0 radical (unpaired) electrons. The quantitative estimate of drug-likeness (QED) is 0.655. The highest BCUT2D eigenvalue weighted by molar-refractivity contribution is 5.95. The lowest BCUT2D eigenvalue weighted by atomic mass is 10.1. The molecule has 0 aliphatic carbocycles. The fourth-order valence-electron chi connectivity index (χ4n) is 2.70. The Hall–Kier alpha value is -2.66. The molecule has 0 saturated heterocycles. The van der Waals surface area contributed by atoms with Crippen molar-refractivity contribution in [3.63, 3.8) is 0 Å². The van der Waals surface area contributed by atoms with Crippen LogP contribution in [0.5, 0.6) is 5.75 Å². The van der Waals surface area contributed by atoms with E-state index in [4.69, 9.17) is 4.74 Å². The highest BCUT2D eigenvalue weighted by Gasteiger charge is 2.14. The molecular weight excluding hydrogens is 340 g/mol. The Morgan fingerprint density at radius 1 is 1.04 bits per heavy atom. The van der Waals surface area contributed by atoms with Gasteiger partial charge in [-0.25, -0.2) is 0 Å². The number of nitrogens with zero attached hydrogens (tertiary/aromatic N) is 1. The molecule has 0 saturated carbocycles. The Bertz CT molecular complexity index is 727. The third-order valence-corrected chi connectivity index (χ3v) is 4.45. The molecule has 27 heavy (non-hydrogen) atoms. The monoisotopic (exact) mass is 368 g/mol. The van der Waals surface area contributed by atoms with Gasteiger partial charge in [0.05, 0.1) is 0 Å². The minimum atomic E-state index is -0.163. The molecule has 1 amide bonds. The van der Waals surface area contributed by atoms with Gasteiger partial charge in [0.2, 0.25) is 0 Å². The molecule has 0 aromatic heterocycles. The third kappa shape index (κ3) is 6.87. The SMILES string of the molecule is CCC(=O)c1ccc(OCC(=O)NC[C@@H](Cc2ccccc2)N(C)C)cc1. The summed E-state index contributed by atoms with van der Waals surface area (Å²) in [5, 5.41) is 2.93. The first-order valence-corrected chi connectivity index (χ1v) is 9.22. The summed E-state index contributed by atoms with van der Waals surface area (Å²) in [6, 6.07) is 17.3. The van der Waals surface area contributed by atoms with Crippen LogP contribution in [0.15, 0.2) is 54.6 Å². The molecule has 0 aliphatic rings. The largest absolute Gasteiger partial charge is 0.484 e. The van der Waals surface area contributed by atoms with Crippen molar-refractivity contribution in [1.29, 1.82) is 0 Å². The maximum Gasteiger partial charge on any atom is 0.257 e. The molecule has 5 nitrogen and oxygen atoms in total. The van der Waals surface area contributed by atoms with Gasteiger partial charge in [-0.1, -0.05) is 37.3 Å². The summed E-state index contributed by atoms with van der Waals surface area (Å²) >= 11 is 0. The number of nitrogens with one attached hydrogen (secondary N) is 1. The molecule has 2 aromatic carbocycles. The summed E-state index contributed by atoms with van der Waals surface area (Å²) in [5.41, 5.74) is 1.90. The van der Waals surface area contributed by atoms with Crippen LogP contribution >= 0.6 is 0 Å². The normalized spacial score (nSPS) is 11.9. The molecule has 5 heteroatoms. The Morgan fingerprint density at radius 2 is 1.70 bits per heavy atom. The average Bonchev–Trinajstić information content (AvgIpc) is 2.69. The Balaban J connectivity index is 1.79. The predicted molar refractivity (Wildman–Crippen MR) is 107 cm³/mol. The third-order valence-electron chi connectivity index (χ3n) is 4.45. The lowest BCUT2D eigenvalue weighted by Gasteiger charge is -2.24. The average molecular weight is 368 g/mol. The van der Waals surface area contributed by atoms with Gasteiger partial charge >= 0.3 is 0 Å². The summed E-state index contributed by atoms with van der Waals surface area (Å²) in [6.07, 6.45) is 1.33. The molecule has 0 unspecified atom stereocenters. The Labute approximate surface area is 161 Å². The van der Waals surface area contributed by atoms with Crippen molar-refractivity contribution in [1.82, 2.24) is 10.2 Å². The van der Waals surface area contributed by atoms with Crippen LogP contribution in [0.2, 0.25) is 0 Å². The van der Waals surface area contributed by atoms with E-state index in [2.05, 4.69) is 22.3 Å². The summed E-state index contributed by atoms with van der Waals surface area (Å²) in [7, 11) is 4.02. The van der Waals surface area contributed by atoms with Crippen LogP contribution < -0.4 is 10.1 Å². The van der Waals surface area contributed by atoms with Crippen molar-refractivity contribution in [2.75, 3.05) is 27.2 Å². The minimum absolute atomic E-state index is 0.0491. The second kappa shape index (κ2) is 10.5. The number of Topliss-reactive ketones (excluding diaryl/α,β-unsaturated/α-hetero) is 1. The van der Waals surface area contributed by atoms with E-state index >= 15 is 0 Å². The molecular formula is C22H28N2O3. The van der Waals surface area contributed by atoms with Crippen LogP contribution in [0.1, 0.15) is 29.3 Å². The molecule has 2 rings (SSSR count). The number of hydrogen-bond acceptors (Lipinski definition) is 4. The van der Waals surface area contributed by atoms with Gasteiger partial charge in [0.15, 0.2) is 12.4 Å². The van der Waals surface area contributed by atoms with Crippen LogP contribution in [-0.2, 0) is 11.2 Å². The highest BCUT2D eigenvalue weighted by atomic mass is 16.5. The Morgan fingerprint density at radius 3 is 2.30 bits per heavy atom. The zero-order valence-electron chi connectivity index (χ0n) is 16.3. The zero-order chi connectivity index (χ0) is 19.6. The number of rotatable bonds is 10. The van der Waals surface area contributed by atoms with E-state index in [1.165, 1.54) is 5.56 Å². The summed E-state index contributed by atoms with van der Waals surface area (Å²) < 4.78 is 5.51. The maximum absolute atomic E-state index is 12.1. The van der Waals surface area contributed by atoms with E-state index in [1.54, 1.807) is 24.3 Å². The smallest absolute Gasteiger partial charge is 0.257 e. The van der Waals surface area contributed by atoms with Crippen molar-refractivity contribution in [2.45, 2.75) is 25.8 Å². The molecule has 1 atom stereocenters. The van der Waals surface area contributed by atoms with Gasteiger partial charge < -0.3 is 15.0 Å². The van der Waals surface area contributed by atoms with Gasteiger partial charge in [0.1, 0.15) is 5.75 Å². The van der Waals surface area contributed by atoms with Crippen LogP contribution in [0, 0.1) is 0 Å². The number of ether oxygens (including phenoxy) is 1. The van der Waals surface area contributed by atoms with E-state index < -0.39 is 0 Å². The number of likely N-dealkylation sites (N-methyl/N-ethyl adjacent to an activating group) is 1. The van der Waals surface area contributed by atoms with Gasteiger partial charge in [-0.05, 0) is 50.3 Å². The molecule has 1 N–H and O–H groups in total. The fraction of sp³-hybridized carbons (Fsp3) is 0.364. The number of benzene rings is 2. The summed E-state index contributed by atoms with van der Waals surface area (Å²) in [5.74, 6) is 0.502. The van der Waals surface area contributed by atoms with E-state index in [9.17, 15) is 9.59 Å². The molecule has 0 spiro atoms. The number of amides is 1. The molecule has 0 aliphatic heterocycles. The lowest BCUT2D eigenvalue weighted by molar-refractivity contribution is -0.123. The second-order valence-electron chi connectivity index (χ2n) is 6.70. The Kier molecular flexibility index (Phi) is 8.01. The van der Waals surface area contributed by atoms with Crippen LogP contribution in [0.3, 0.4) is 0 Å². The maximum atomic E-state index is 12.1. The van der Waals surface area contributed by atoms with Crippen molar-refractivity contribution >= 4 is 11.7 Å². The second-order valence-corrected chi connectivity index (χ2v) is 6.70. The summed E-state index contributed by atoms with van der Waals surface area (Å²) in [6.45, 7) is 2.33. The van der Waals surface area contributed by atoms with Crippen LogP contribution in [0.25, 0.3) is 0 Å². The van der Waals surface area contributed by atoms with Gasteiger partial charge in [-0.15, -0.1) is 0 Å². The number of carbonyl (C=O) groups excluding carboxylic acids is 2. The molecule has 0 bridgehead atoms. The summed E-state index contributed by atoms with van der Waals surface area (Å²) in [4.78, 5) is 25.8. The molecule has 0 heterocycles. The van der Waals surface area contributed by atoms with Crippen molar-refractivity contribution in [3.8, 4) is 5.75 Å². The topological polar surface area (TPSA) is 58.6 Å². The lowest BCUT2D eigenvalue weighted by Crippen LogP contribution is -2.42. The number of carbonyl (C=O) groups is 2. The minimum Gasteiger partial charge on any atom is -0.484 e. The molecule has 0 fully saturated rings. The first kappa shape index (κ1) is 20.6. The van der Waals surface area contributed by atoms with Crippen molar-refractivity contribution in [2.24, 2.45) is 0 Å². The van der Waals surface area contributed by atoms with E-state index in [0.717, 1.165) is 6.42 Å². The number of hydrogen-bond donors (Lipinski definition) is 1. The van der Waals surface area contributed by atoms with Crippen LogP contribution in [-0.4, -0.2) is 49.9 Å². The van der Waals surface area contributed by atoms with Gasteiger partial charge in [-0.3, -0.25) is 9.59 Å². The van der Waals surface area contributed by atoms with E-state index in [1.807, 2.05) is 39.2 Å². The predicted octanol–water partition coefficient (Wildman–Crippen LogP) is 2.95. The zero-order valence-corrected chi connectivity index (χ0v) is 16.3. The van der Waals surface area contributed by atoms with Crippen LogP contribution in [0.4, 0.5) is 0 Å². The first-order chi connectivity index (χ1) is 13.0. The molecule has 144 valence electrons. The standard InChI is InChI=1S/C22H28N2O3/c1-4-21(25)18-10-12-20(13-11-18)27-16-22(26)23-15-19(24(2)3)14-17-8-6-5-7-9-17/h5-13,19H,4,14-16H2,1-3H3,(H,23,26)/t19-/m1/s1. The van der Waals surface area contributed by atoms with E-state index in [-0.39, 0.29) is 24.3 Å². The number of ketones is 1. The van der Waals surface area contributed by atoms with Gasteiger partial charge in [-0.2, -0.15) is 0 Å². The van der Waals surface area contributed by atoms with E-state index in [0.29, 0.717) is 24.3 Å². The molecule has 2 aromatic rings. The highest BCUT2D eigenvalue weighted by Crippen LogP contribution is 2.13. The first-order valence-electron chi connectivity index (χ1n) is 9.22. The van der Waals surface area contributed by atoms with Gasteiger partial charge in [0, 0.05) is 24.6 Å². The van der Waals surface area contributed by atoms with Gasteiger partial charge in [0.25, 0.3) is 5.91 Å². The van der Waals surface area contributed by atoms with Crippen molar-refractivity contribution < 1.29 is 14.3 Å². The fourth-order valence-corrected chi connectivity index (χ4v) is 2.70. The van der Waals surface area contributed by atoms with Crippen molar-refractivity contribution in [3.05, 3.63) is 65.7 Å².